The van der Waals surface area contributed by atoms with Gasteiger partial charge in [0.1, 0.15) is 5.82 Å². The van der Waals surface area contributed by atoms with Crippen LogP contribution in [-0.4, -0.2) is 53.1 Å². The lowest BCUT2D eigenvalue weighted by Crippen LogP contribution is -2.44. The van der Waals surface area contributed by atoms with Crippen LogP contribution in [0.15, 0.2) is 73.7 Å². The van der Waals surface area contributed by atoms with Gasteiger partial charge in [0.15, 0.2) is 0 Å². The standard InChI is InChI=1S/C27H28N6/c1-19(21-6-7-26-22(15-21)5-4-9-28-26)25-16-24(18-30-20(25)2)31-23-8-10-29-27(17-23)33-13-11-32(3)12-14-33/h4-10,15-18H,1,11-14H2,2-3H3,(H,29,31). The smallest absolute Gasteiger partial charge is 0.130 e. The Morgan fingerprint density at radius 2 is 1.76 bits per heavy atom. The molecular formula is C27H28N6. The summed E-state index contributed by atoms with van der Waals surface area (Å²) in [6.07, 6.45) is 5.54. The third-order valence-corrected chi connectivity index (χ3v) is 6.22. The summed E-state index contributed by atoms with van der Waals surface area (Å²) in [4.78, 5) is 18.3. The quantitative estimate of drug-likeness (QED) is 0.481. The van der Waals surface area contributed by atoms with Crippen LogP contribution in [0.5, 0.6) is 0 Å². The fourth-order valence-corrected chi connectivity index (χ4v) is 4.20. The Morgan fingerprint density at radius 3 is 2.61 bits per heavy atom. The van der Waals surface area contributed by atoms with Crippen molar-refractivity contribution in [1.82, 2.24) is 19.9 Å². The number of likely N-dealkylation sites (N-methyl/N-ethyl adjacent to an activating group) is 1. The summed E-state index contributed by atoms with van der Waals surface area (Å²) in [5.41, 5.74) is 6.89. The number of nitrogens with one attached hydrogen (secondary N) is 1. The molecular weight excluding hydrogens is 408 g/mol. The summed E-state index contributed by atoms with van der Waals surface area (Å²) >= 11 is 0. The number of nitrogens with zero attached hydrogens (tertiary/aromatic N) is 5. The predicted octanol–water partition coefficient (Wildman–Crippen LogP) is 4.89. The van der Waals surface area contributed by atoms with Crippen molar-refractivity contribution in [3.8, 4) is 0 Å². The van der Waals surface area contributed by atoms with Crippen LogP contribution in [0.4, 0.5) is 17.2 Å². The molecule has 1 aliphatic heterocycles. The molecule has 6 heteroatoms. The average Bonchev–Trinajstić information content (AvgIpc) is 2.85. The normalized spacial score (nSPS) is 14.4. The van der Waals surface area contributed by atoms with Crippen molar-refractivity contribution in [3.63, 3.8) is 0 Å². The van der Waals surface area contributed by atoms with Gasteiger partial charge in [-0.05, 0) is 55.4 Å². The Balaban J connectivity index is 1.38. The van der Waals surface area contributed by atoms with Crippen molar-refractivity contribution < 1.29 is 0 Å². The number of piperazine rings is 1. The first kappa shape index (κ1) is 21.1. The molecule has 4 heterocycles. The van der Waals surface area contributed by atoms with E-state index in [-0.39, 0.29) is 0 Å². The molecule has 33 heavy (non-hydrogen) atoms. The van der Waals surface area contributed by atoms with Gasteiger partial charge in [-0.15, -0.1) is 0 Å². The molecule has 0 amide bonds. The number of anilines is 3. The second kappa shape index (κ2) is 9.00. The number of fused-ring (bicyclic) bond motifs is 1. The minimum absolute atomic E-state index is 0.926. The second-order valence-electron chi connectivity index (χ2n) is 8.56. The zero-order valence-corrected chi connectivity index (χ0v) is 19.1. The van der Waals surface area contributed by atoms with E-state index in [1.807, 2.05) is 43.7 Å². The Hall–Kier alpha value is -3.77. The number of pyridine rings is 3. The number of aryl methyl sites for hydroxylation is 1. The van der Waals surface area contributed by atoms with Gasteiger partial charge in [0, 0.05) is 67.0 Å². The number of hydrogen-bond donors (Lipinski definition) is 1. The average molecular weight is 437 g/mol. The molecule has 1 aliphatic rings. The van der Waals surface area contributed by atoms with E-state index >= 15 is 0 Å². The number of aromatic nitrogens is 3. The third-order valence-electron chi connectivity index (χ3n) is 6.22. The zero-order valence-electron chi connectivity index (χ0n) is 19.1. The highest BCUT2D eigenvalue weighted by molar-refractivity contribution is 5.88. The second-order valence-corrected chi connectivity index (χ2v) is 8.56. The van der Waals surface area contributed by atoms with Crippen LogP contribution in [0.3, 0.4) is 0 Å². The van der Waals surface area contributed by atoms with Crippen molar-refractivity contribution in [2.45, 2.75) is 6.92 Å². The molecule has 1 N–H and O–H groups in total. The monoisotopic (exact) mass is 436 g/mol. The molecule has 1 saturated heterocycles. The lowest BCUT2D eigenvalue weighted by atomic mass is 9.97. The van der Waals surface area contributed by atoms with E-state index < -0.39 is 0 Å². The molecule has 0 radical (unpaired) electrons. The first-order chi connectivity index (χ1) is 16.1. The SMILES string of the molecule is C=C(c1ccc2ncccc2c1)c1cc(Nc2ccnc(N3CCN(C)CC3)c2)cnc1C. The van der Waals surface area contributed by atoms with Crippen LogP contribution in [0.25, 0.3) is 16.5 Å². The molecule has 3 aromatic heterocycles. The minimum atomic E-state index is 0.926. The van der Waals surface area contributed by atoms with E-state index in [0.717, 1.165) is 76.7 Å². The Morgan fingerprint density at radius 1 is 0.909 bits per heavy atom. The molecule has 0 atom stereocenters. The largest absolute Gasteiger partial charge is 0.354 e. The van der Waals surface area contributed by atoms with Crippen LogP contribution in [0.2, 0.25) is 0 Å². The Bertz CT molecular complexity index is 1310. The van der Waals surface area contributed by atoms with Crippen molar-refractivity contribution in [1.29, 1.82) is 0 Å². The van der Waals surface area contributed by atoms with Gasteiger partial charge >= 0.3 is 0 Å². The van der Waals surface area contributed by atoms with Gasteiger partial charge in [0.25, 0.3) is 0 Å². The maximum atomic E-state index is 4.64. The van der Waals surface area contributed by atoms with Gasteiger partial charge in [0.05, 0.1) is 17.4 Å². The molecule has 1 fully saturated rings. The zero-order chi connectivity index (χ0) is 22.8. The van der Waals surface area contributed by atoms with E-state index in [1.54, 1.807) is 0 Å². The minimum Gasteiger partial charge on any atom is -0.354 e. The molecule has 6 nitrogen and oxygen atoms in total. The molecule has 1 aromatic carbocycles. The van der Waals surface area contributed by atoms with Crippen LogP contribution in [0, 0.1) is 6.92 Å². The number of benzene rings is 1. The summed E-state index contributed by atoms with van der Waals surface area (Å²) < 4.78 is 0. The fourth-order valence-electron chi connectivity index (χ4n) is 4.20. The van der Waals surface area contributed by atoms with E-state index in [2.05, 4.69) is 74.0 Å². The lowest BCUT2D eigenvalue weighted by Gasteiger charge is -2.33. The van der Waals surface area contributed by atoms with Crippen molar-refractivity contribution in [3.05, 3.63) is 90.5 Å². The van der Waals surface area contributed by atoms with Gasteiger partial charge in [0.2, 0.25) is 0 Å². The highest BCUT2D eigenvalue weighted by atomic mass is 15.3. The van der Waals surface area contributed by atoms with Gasteiger partial charge < -0.3 is 15.1 Å². The maximum absolute atomic E-state index is 4.64. The summed E-state index contributed by atoms with van der Waals surface area (Å²) in [6, 6.07) is 16.5. The fraction of sp³-hybridized carbons (Fsp3) is 0.222. The summed E-state index contributed by atoms with van der Waals surface area (Å²) in [6.45, 7) is 10.5. The van der Waals surface area contributed by atoms with Crippen molar-refractivity contribution >= 4 is 33.7 Å². The highest BCUT2D eigenvalue weighted by Gasteiger charge is 2.16. The van der Waals surface area contributed by atoms with Crippen LogP contribution in [-0.2, 0) is 0 Å². The summed E-state index contributed by atoms with van der Waals surface area (Å²) in [5.74, 6) is 1.00. The predicted molar refractivity (Wildman–Crippen MR) is 136 cm³/mol. The summed E-state index contributed by atoms with van der Waals surface area (Å²) in [7, 11) is 2.16. The van der Waals surface area contributed by atoms with Crippen molar-refractivity contribution in [2.75, 3.05) is 43.4 Å². The molecule has 0 spiro atoms. The molecule has 0 unspecified atom stereocenters. The molecule has 0 saturated carbocycles. The maximum Gasteiger partial charge on any atom is 0.130 e. The van der Waals surface area contributed by atoms with E-state index in [1.165, 1.54) is 0 Å². The Kier molecular flexibility index (Phi) is 5.75. The topological polar surface area (TPSA) is 57.2 Å². The molecule has 4 aromatic rings. The van der Waals surface area contributed by atoms with Crippen LogP contribution in [0.1, 0.15) is 16.8 Å². The van der Waals surface area contributed by atoms with Gasteiger partial charge in [-0.25, -0.2) is 4.98 Å². The Labute approximate surface area is 194 Å². The van der Waals surface area contributed by atoms with Gasteiger partial charge in [-0.2, -0.15) is 0 Å². The highest BCUT2D eigenvalue weighted by Crippen LogP contribution is 2.29. The van der Waals surface area contributed by atoms with Crippen molar-refractivity contribution in [2.24, 2.45) is 0 Å². The first-order valence-electron chi connectivity index (χ1n) is 11.2. The van der Waals surface area contributed by atoms with Gasteiger partial charge in [-0.1, -0.05) is 18.7 Å². The number of rotatable bonds is 5. The number of hydrogen-bond acceptors (Lipinski definition) is 6. The van der Waals surface area contributed by atoms with Crippen LogP contribution < -0.4 is 10.2 Å². The summed E-state index contributed by atoms with van der Waals surface area (Å²) in [5, 5.41) is 4.61. The first-order valence-corrected chi connectivity index (χ1v) is 11.2. The third kappa shape index (κ3) is 4.56. The lowest BCUT2D eigenvalue weighted by molar-refractivity contribution is 0.312. The molecule has 5 rings (SSSR count). The van der Waals surface area contributed by atoms with E-state index in [9.17, 15) is 0 Å². The molecule has 166 valence electrons. The molecule has 0 bridgehead atoms. The van der Waals surface area contributed by atoms with Crippen LogP contribution >= 0.6 is 0 Å². The van der Waals surface area contributed by atoms with E-state index in [4.69, 9.17) is 0 Å². The van der Waals surface area contributed by atoms with E-state index in [0.29, 0.717) is 0 Å². The molecule has 0 aliphatic carbocycles. The van der Waals surface area contributed by atoms with Gasteiger partial charge in [-0.3, -0.25) is 9.97 Å².